The van der Waals surface area contributed by atoms with Gasteiger partial charge in [0.05, 0.1) is 6.61 Å². The third kappa shape index (κ3) is 3.57. The van der Waals surface area contributed by atoms with Crippen LogP contribution in [0.1, 0.15) is 28.4 Å². The third-order valence-electron chi connectivity index (χ3n) is 4.00. The maximum absolute atomic E-state index is 12.4. The number of rotatable bonds is 5. The van der Waals surface area contributed by atoms with Crippen LogP contribution in [-0.4, -0.2) is 12.5 Å². The third-order valence-corrected chi connectivity index (χ3v) is 4.00. The summed E-state index contributed by atoms with van der Waals surface area (Å²) in [4.78, 5) is 12.4. The molecule has 0 bridgehead atoms. The molecule has 0 aliphatic carbocycles. The van der Waals surface area contributed by atoms with Crippen molar-refractivity contribution in [1.29, 1.82) is 0 Å². The molecule has 0 heterocycles. The second-order valence-corrected chi connectivity index (χ2v) is 5.78. The van der Waals surface area contributed by atoms with Crippen molar-refractivity contribution in [2.24, 2.45) is 0 Å². The number of carbonyl (C=O) groups is 1. The summed E-state index contributed by atoms with van der Waals surface area (Å²) in [5.41, 5.74) is 2.71. The SMILES string of the molecule is CCOc1ccc(C(=O)NCc2ccc3ccccc3c2)cc1C. The highest BCUT2D eigenvalue weighted by Crippen LogP contribution is 2.19. The Morgan fingerprint density at radius 2 is 1.79 bits per heavy atom. The van der Waals surface area contributed by atoms with Crippen molar-refractivity contribution in [2.75, 3.05) is 6.61 Å². The molecule has 3 aromatic carbocycles. The minimum absolute atomic E-state index is 0.0747. The lowest BCUT2D eigenvalue weighted by atomic mass is 10.1. The van der Waals surface area contributed by atoms with Gasteiger partial charge in [-0.15, -0.1) is 0 Å². The van der Waals surface area contributed by atoms with E-state index < -0.39 is 0 Å². The van der Waals surface area contributed by atoms with Gasteiger partial charge in [0.1, 0.15) is 5.75 Å². The molecule has 0 aromatic heterocycles. The topological polar surface area (TPSA) is 38.3 Å². The summed E-state index contributed by atoms with van der Waals surface area (Å²) in [5, 5.41) is 5.36. The van der Waals surface area contributed by atoms with Gasteiger partial charge in [0, 0.05) is 12.1 Å². The van der Waals surface area contributed by atoms with Crippen molar-refractivity contribution < 1.29 is 9.53 Å². The van der Waals surface area contributed by atoms with Crippen molar-refractivity contribution >= 4 is 16.7 Å². The van der Waals surface area contributed by atoms with E-state index in [-0.39, 0.29) is 5.91 Å². The average molecular weight is 319 g/mol. The first kappa shape index (κ1) is 16.1. The van der Waals surface area contributed by atoms with Crippen LogP contribution in [0.25, 0.3) is 10.8 Å². The maximum atomic E-state index is 12.4. The van der Waals surface area contributed by atoms with Crippen molar-refractivity contribution in [3.63, 3.8) is 0 Å². The molecule has 1 amide bonds. The van der Waals surface area contributed by atoms with E-state index >= 15 is 0 Å². The van der Waals surface area contributed by atoms with E-state index in [0.717, 1.165) is 16.9 Å². The van der Waals surface area contributed by atoms with Gasteiger partial charge in [0.2, 0.25) is 0 Å². The molecule has 0 saturated carbocycles. The Kier molecular flexibility index (Phi) is 4.80. The highest BCUT2D eigenvalue weighted by molar-refractivity contribution is 5.94. The van der Waals surface area contributed by atoms with E-state index in [0.29, 0.717) is 18.7 Å². The highest BCUT2D eigenvalue weighted by atomic mass is 16.5. The molecule has 3 aromatic rings. The molecule has 122 valence electrons. The smallest absolute Gasteiger partial charge is 0.251 e. The van der Waals surface area contributed by atoms with Crippen LogP contribution >= 0.6 is 0 Å². The molecule has 0 aliphatic heterocycles. The molecular formula is C21H21NO2. The van der Waals surface area contributed by atoms with Crippen LogP contribution in [0, 0.1) is 6.92 Å². The normalized spacial score (nSPS) is 10.6. The van der Waals surface area contributed by atoms with Crippen LogP contribution < -0.4 is 10.1 Å². The van der Waals surface area contributed by atoms with Crippen molar-refractivity contribution in [3.05, 3.63) is 77.4 Å². The molecule has 24 heavy (non-hydrogen) atoms. The summed E-state index contributed by atoms with van der Waals surface area (Å²) in [5.74, 6) is 0.748. The number of carbonyl (C=O) groups excluding carboxylic acids is 1. The largest absolute Gasteiger partial charge is 0.494 e. The Morgan fingerprint density at radius 3 is 2.54 bits per heavy atom. The zero-order valence-electron chi connectivity index (χ0n) is 14.0. The van der Waals surface area contributed by atoms with E-state index in [9.17, 15) is 4.79 Å². The van der Waals surface area contributed by atoms with Crippen molar-refractivity contribution in [2.45, 2.75) is 20.4 Å². The first-order chi connectivity index (χ1) is 11.7. The minimum atomic E-state index is -0.0747. The van der Waals surface area contributed by atoms with Gasteiger partial charge in [-0.05, 0) is 60.0 Å². The fourth-order valence-corrected chi connectivity index (χ4v) is 2.74. The number of amides is 1. The molecular weight excluding hydrogens is 298 g/mol. The van der Waals surface area contributed by atoms with E-state index in [2.05, 4.69) is 29.6 Å². The van der Waals surface area contributed by atoms with Crippen LogP contribution in [0.3, 0.4) is 0 Å². The van der Waals surface area contributed by atoms with Gasteiger partial charge in [0.25, 0.3) is 5.91 Å². The number of hydrogen-bond acceptors (Lipinski definition) is 2. The molecule has 0 radical (unpaired) electrons. The van der Waals surface area contributed by atoms with Crippen LogP contribution in [0.5, 0.6) is 5.75 Å². The van der Waals surface area contributed by atoms with Gasteiger partial charge >= 0.3 is 0 Å². The van der Waals surface area contributed by atoms with Crippen molar-refractivity contribution in [3.8, 4) is 5.75 Å². The van der Waals surface area contributed by atoms with Gasteiger partial charge in [-0.25, -0.2) is 0 Å². The molecule has 3 nitrogen and oxygen atoms in total. The summed E-state index contributed by atoms with van der Waals surface area (Å²) < 4.78 is 5.51. The molecule has 3 rings (SSSR count). The maximum Gasteiger partial charge on any atom is 0.251 e. The Hall–Kier alpha value is -2.81. The molecule has 3 heteroatoms. The first-order valence-corrected chi connectivity index (χ1v) is 8.16. The van der Waals surface area contributed by atoms with Gasteiger partial charge in [-0.2, -0.15) is 0 Å². The van der Waals surface area contributed by atoms with Crippen LogP contribution in [0.2, 0.25) is 0 Å². The summed E-state index contributed by atoms with van der Waals surface area (Å²) in [6.07, 6.45) is 0. The summed E-state index contributed by atoms with van der Waals surface area (Å²) in [6, 6.07) is 20.0. The Bertz CT molecular complexity index is 871. The Balaban J connectivity index is 1.69. The zero-order chi connectivity index (χ0) is 16.9. The fourth-order valence-electron chi connectivity index (χ4n) is 2.74. The molecule has 0 fully saturated rings. The van der Waals surface area contributed by atoms with E-state index in [1.165, 1.54) is 10.8 Å². The quantitative estimate of drug-likeness (QED) is 0.753. The first-order valence-electron chi connectivity index (χ1n) is 8.16. The Morgan fingerprint density at radius 1 is 1.00 bits per heavy atom. The number of nitrogens with one attached hydrogen (secondary N) is 1. The number of fused-ring (bicyclic) bond motifs is 1. The highest BCUT2D eigenvalue weighted by Gasteiger charge is 2.08. The van der Waals surface area contributed by atoms with Crippen LogP contribution in [0.4, 0.5) is 0 Å². The zero-order valence-corrected chi connectivity index (χ0v) is 14.0. The standard InChI is InChI=1S/C21H21NO2/c1-3-24-20-11-10-19(12-15(20)2)21(23)22-14-16-8-9-17-6-4-5-7-18(17)13-16/h4-13H,3,14H2,1-2H3,(H,22,23). The monoisotopic (exact) mass is 319 g/mol. The molecule has 0 saturated heterocycles. The number of ether oxygens (including phenoxy) is 1. The molecule has 0 spiro atoms. The van der Waals surface area contributed by atoms with Gasteiger partial charge in [-0.1, -0.05) is 36.4 Å². The summed E-state index contributed by atoms with van der Waals surface area (Å²) in [7, 11) is 0. The Labute approximate surface area is 142 Å². The lowest BCUT2D eigenvalue weighted by Crippen LogP contribution is -2.22. The molecule has 0 unspecified atom stereocenters. The predicted molar refractivity (Wildman–Crippen MR) is 97.5 cm³/mol. The lowest BCUT2D eigenvalue weighted by Gasteiger charge is -2.10. The average Bonchev–Trinajstić information content (AvgIpc) is 2.61. The van der Waals surface area contributed by atoms with Crippen LogP contribution in [0.15, 0.2) is 60.7 Å². The summed E-state index contributed by atoms with van der Waals surface area (Å²) >= 11 is 0. The lowest BCUT2D eigenvalue weighted by molar-refractivity contribution is 0.0951. The number of hydrogen-bond donors (Lipinski definition) is 1. The summed E-state index contributed by atoms with van der Waals surface area (Å²) in [6.45, 7) is 5.03. The molecule has 1 N–H and O–H groups in total. The second-order valence-electron chi connectivity index (χ2n) is 5.78. The number of benzene rings is 3. The fraction of sp³-hybridized carbons (Fsp3) is 0.190. The van der Waals surface area contributed by atoms with E-state index in [1.54, 1.807) is 6.07 Å². The van der Waals surface area contributed by atoms with Gasteiger partial charge in [-0.3, -0.25) is 4.79 Å². The predicted octanol–water partition coefficient (Wildman–Crippen LogP) is 4.48. The van der Waals surface area contributed by atoms with E-state index in [1.807, 2.05) is 44.2 Å². The second kappa shape index (κ2) is 7.18. The minimum Gasteiger partial charge on any atom is -0.494 e. The van der Waals surface area contributed by atoms with Crippen LogP contribution in [-0.2, 0) is 6.54 Å². The number of aryl methyl sites for hydroxylation is 1. The van der Waals surface area contributed by atoms with E-state index in [4.69, 9.17) is 4.74 Å². The molecule has 0 aliphatic rings. The van der Waals surface area contributed by atoms with Gasteiger partial charge in [0.15, 0.2) is 0 Å². The van der Waals surface area contributed by atoms with Crippen molar-refractivity contribution in [1.82, 2.24) is 5.32 Å². The molecule has 0 atom stereocenters. The van der Waals surface area contributed by atoms with Gasteiger partial charge < -0.3 is 10.1 Å².